The molecule has 0 aliphatic carbocycles. The molecule has 7 heteroatoms. The Hall–Kier alpha value is -3.19. The molecule has 4 rings (SSSR count). The van der Waals surface area contributed by atoms with Crippen LogP contribution >= 0.6 is 11.8 Å². The molecule has 0 radical (unpaired) electrons. The van der Waals surface area contributed by atoms with Crippen LogP contribution < -0.4 is 0 Å². The van der Waals surface area contributed by atoms with Gasteiger partial charge in [0.05, 0.1) is 10.8 Å². The number of carbonyl (C=O) groups is 1. The number of ketones is 1. The highest BCUT2D eigenvalue weighted by Gasteiger charge is 2.22. The van der Waals surface area contributed by atoms with Gasteiger partial charge in [-0.2, -0.15) is 0 Å². The van der Waals surface area contributed by atoms with E-state index in [4.69, 9.17) is 0 Å². The third-order valence-electron chi connectivity index (χ3n) is 4.62. The van der Waals surface area contributed by atoms with Gasteiger partial charge in [0.1, 0.15) is 28.2 Å². The van der Waals surface area contributed by atoms with E-state index in [0.29, 0.717) is 16.3 Å². The van der Waals surface area contributed by atoms with Crippen LogP contribution in [0.3, 0.4) is 0 Å². The van der Waals surface area contributed by atoms with E-state index < -0.39 is 22.7 Å². The summed E-state index contributed by atoms with van der Waals surface area (Å²) in [5, 5.41) is 9.88. The number of fused-ring (bicyclic) bond motifs is 1. The number of benzene rings is 3. The van der Waals surface area contributed by atoms with Gasteiger partial charge >= 0.3 is 0 Å². The molecule has 0 saturated heterocycles. The van der Waals surface area contributed by atoms with E-state index in [0.717, 1.165) is 40.7 Å². The molecule has 3 aromatic carbocycles. The van der Waals surface area contributed by atoms with E-state index in [1.807, 2.05) is 24.3 Å². The highest BCUT2D eigenvalue weighted by atomic mass is 32.2. The first-order valence-corrected chi connectivity index (χ1v) is 9.99. The molecule has 30 heavy (non-hydrogen) atoms. The predicted octanol–water partition coefficient (Wildman–Crippen LogP) is 6.08. The lowest BCUT2D eigenvalue weighted by atomic mass is 10.1. The van der Waals surface area contributed by atoms with Crippen molar-refractivity contribution in [3.8, 4) is 11.3 Å². The van der Waals surface area contributed by atoms with Crippen LogP contribution in [-0.2, 0) is 0 Å². The summed E-state index contributed by atoms with van der Waals surface area (Å²) in [6.07, 6.45) is 0. The first-order valence-electron chi connectivity index (χ1n) is 9.11. The topological polar surface area (TPSA) is 42.9 Å². The van der Waals surface area contributed by atoms with E-state index in [1.165, 1.54) is 12.1 Å². The fourth-order valence-corrected chi connectivity index (χ4v) is 4.08. The third kappa shape index (κ3) is 3.93. The second-order valence-corrected chi connectivity index (χ2v) is 7.98. The molecule has 0 fully saturated rings. The van der Waals surface area contributed by atoms with Crippen LogP contribution in [0.1, 0.15) is 17.3 Å². The molecule has 0 N–H and O–H groups in total. The SMILES string of the molecule is CC(Sc1nnc(-c2ccc(F)cc2)c2ccccc12)C(=O)c1cc(F)ccc1F. The number of nitrogens with zero attached hydrogens (tertiary/aromatic N) is 2. The molecule has 1 atom stereocenters. The maximum absolute atomic E-state index is 14.0. The largest absolute Gasteiger partial charge is 0.293 e. The van der Waals surface area contributed by atoms with E-state index in [1.54, 1.807) is 19.1 Å². The molecule has 0 aliphatic heterocycles. The van der Waals surface area contributed by atoms with Gasteiger partial charge in [0, 0.05) is 16.3 Å². The standard InChI is InChI=1S/C23H15F3N2OS/c1-13(22(29)19-12-16(25)10-11-20(19)26)30-23-18-5-3-2-4-17(18)21(27-28-23)14-6-8-15(24)9-7-14/h2-13H,1H3. The Labute approximate surface area is 175 Å². The molecule has 3 nitrogen and oxygen atoms in total. The van der Waals surface area contributed by atoms with Crippen molar-refractivity contribution in [2.45, 2.75) is 17.2 Å². The maximum Gasteiger partial charge on any atom is 0.178 e. The van der Waals surface area contributed by atoms with Crippen molar-refractivity contribution in [3.63, 3.8) is 0 Å². The van der Waals surface area contributed by atoms with Gasteiger partial charge in [0.2, 0.25) is 0 Å². The fourth-order valence-electron chi connectivity index (χ4n) is 3.11. The summed E-state index contributed by atoms with van der Waals surface area (Å²) in [5.41, 5.74) is 1.00. The van der Waals surface area contributed by atoms with Crippen molar-refractivity contribution in [1.82, 2.24) is 10.2 Å². The van der Waals surface area contributed by atoms with Crippen molar-refractivity contribution in [1.29, 1.82) is 0 Å². The lowest BCUT2D eigenvalue weighted by molar-refractivity contribution is 0.0989. The van der Waals surface area contributed by atoms with Crippen molar-refractivity contribution in [2.75, 3.05) is 0 Å². The van der Waals surface area contributed by atoms with E-state index in [-0.39, 0.29) is 11.4 Å². The predicted molar refractivity (Wildman–Crippen MR) is 111 cm³/mol. The summed E-state index contributed by atoms with van der Waals surface area (Å²) in [7, 11) is 0. The molecular weight excluding hydrogens is 409 g/mol. The minimum atomic E-state index is -0.767. The average molecular weight is 424 g/mol. The van der Waals surface area contributed by atoms with Gasteiger partial charge in [-0.3, -0.25) is 4.79 Å². The summed E-state index contributed by atoms with van der Waals surface area (Å²) >= 11 is 1.12. The minimum Gasteiger partial charge on any atom is -0.293 e. The number of thioether (sulfide) groups is 1. The van der Waals surface area contributed by atoms with Crippen molar-refractivity contribution >= 4 is 28.3 Å². The Morgan fingerprint density at radius 3 is 2.27 bits per heavy atom. The summed E-state index contributed by atoms with van der Waals surface area (Å²) in [5.74, 6) is -2.33. The molecule has 1 unspecified atom stereocenters. The Bertz CT molecular complexity index is 1250. The smallest absolute Gasteiger partial charge is 0.178 e. The minimum absolute atomic E-state index is 0.296. The number of hydrogen-bond acceptors (Lipinski definition) is 4. The molecule has 0 spiro atoms. The maximum atomic E-state index is 14.0. The van der Waals surface area contributed by atoms with E-state index in [9.17, 15) is 18.0 Å². The number of Topliss-reactive ketones (excluding diaryl/α,β-unsaturated/α-hetero) is 1. The molecule has 0 amide bonds. The molecular formula is C23H15F3N2OS. The Morgan fingerprint density at radius 2 is 1.53 bits per heavy atom. The quantitative estimate of drug-likeness (QED) is 0.288. The second kappa shape index (κ2) is 8.28. The van der Waals surface area contributed by atoms with Crippen LogP contribution in [0, 0.1) is 17.5 Å². The molecule has 150 valence electrons. The lowest BCUT2D eigenvalue weighted by Gasteiger charge is -2.13. The molecule has 1 heterocycles. The Kier molecular flexibility index (Phi) is 5.55. The van der Waals surface area contributed by atoms with Crippen LogP contribution in [0.25, 0.3) is 22.0 Å². The summed E-state index contributed by atoms with van der Waals surface area (Å²) < 4.78 is 40.7. The van der Waals surface area contributed by atoms with Gasteiger partial charge in [0.25, 0.3) is 0 Å². The third-order valence-corrected chi connectivity index (χ3v) is 5.72. The fraction of sp³-hybridized carbons (Fsp3) is 0.0870. The van der Waals surface area contributed by atoms with Crippen molar-refractivity contribution < 1.29 is 18.0 Å². The number of halogens is 3. The second-order valence-electron chi connectivity index (χ2n) is 6.65. The number of rotatable bonds is 5. The first-order chi connectivity index (χ1) is 14.4. The van der Waals surface area contributed by atoms with Crippen LogP contribution in [0.15, 0.2) is 71.8 Å². The number of aromatic nitrogens is 2. The summed E-state index contributed by atoms with van der Waals surface area (Å²) in [6.45, 7) is 1.61. The van der Waals surface area contributed by atoms with Gasteiger partial charge in [0.15, 0.2) is 5.78 Å². The molecule has 0 bridgehead atoms. The zero-order valence-electron chi connectivity index (χ0n) is 15.8. The van der Waals surface area contributed by atoms with Crippen molar-refractivity contribution in [3.05, 3.63) is 89.7 Å². The lowest BCUT2D eigenvalue weighted by Crippen LogP contribution is -2.16. The van der Waals surface area contributed by atoms with Crippen LogP contribution in [0.2, 0.25) is 0 Å². The van der Waals surface area contributed by atoms with Gasteiger partial charge in [-0.1, -0.05) is 36.0 Å². The summed E-state index contributed by atoms with van der Waals surface area (Å²) in [4.78, 5) is 12.7. The number of carbonyl (C=O) groups excluding carboxylic acids is 1. The zero-order valence-corrected chi connectivity index (χ0v) is 16.6. The highest BCUT2D eigenvalue weighted by molar-refractivity contribution is 8.00. The number of hydrogen-bond donors (Lipinski definition) is 0. The summed E-state index contributed by atoms with van der Waals surface area (Å²) in [6, 6.07) is 16.1. The van der Waals surface area contributed by atoms with E-state index in [2.05, 4.69) is 10.2 Å². The van der Waals surface area contributed by atoms with Gasteiger partial charge in [-0.25, -0.2) is 13.2 Å². The van der Waals surface area contributed by atoms with E-state index >= 15 is 0 Å². The van der Waals surface area contributed by atoms with Gasteiger partial charge in [-0.05, 0) is 49.4 Å². The molecule has 0 aliphatic rings. The van der Waals surface area contributed by atoms with Gasteiger partial charge in [-0.15, -0.1) is 10.2 Å². The average Bonchev–Trinajstić information content (AvgIpc) is 2.76. The zero-order chi connectivity index (χ0) is 21.3. The molecule has 0 saturated carbocycles. The molecule has 1 aromatic heterocycles. The van der Waals surface area contributed by atoms with Crippen LogP contribution in [0.4, 0.5) is 13.2 Å². The Morgan fingerprint density at radius 1 is 0.867 bits per heavy atom. The Balaban J connectivity index is 1.70. The van der Waals surface area contributed by atoms with Crippen molar-refractivity contribution in [2.24, 2.45) is 0 Å². The normalized spacial score (nSPS) is 12.1. The van der Waals surface area contributed by atoms with Gasteiger partial charge < -0.3 is 0 Å². The highest BCUT2D eigenvalue weighted by Crippen LogP contribution is 2.34. The molecule has 4 aromatic rings. The van der Waals surface area contributed by atoms with Crippen LogP contribution in [-0.4, -0.2) is 21.2 Å². The monoisotopic (exact) mass is 424 g/mol. The van der Waals surface area contributed by atoms with Crippen LogP contribution in [0.5, 0.6) is 0 Å². The first kappa shape index (κ1) is 20.1.